The molecule has 0 bridgehead atoms. The van der Waals surface area contributed by atoms with E-state index in [4.69, 9.17) is 0 Å². The normalized spacial score (nSPS) is 11.7. The third-order valence-electron chi connectivity index (χ3n) is 3.59. The largest absolute Gasteiger partial charge is 0.250 e. The van der Waals surface area contributed by atoms with Crippen LogP contribution in [-0.4, -0.2) is 24.7 Å². The van der Waals surface area contributed by atoms with E-state index in [0.29, 0.717) is 17.2 Å². The van der Waals surface area contributed by atoms with Crippen LogP contribution in [0, 0.1) is 0 Å². The summed E-state index contributed by atoms with van der Waals surface area (Å²) in [7, 11) is -3.43. The lowest BCUT2D eigenvalue weighted by molar-refractivity contribution is 0.583. The zero-order valence-electron chi connectivity index (χ0n) is 13.3. The second-order valence-corrected chi connectivity index (χ2v) is 8.47. The van der Waals surface area contributed by atoms with Gasteiger partial charge in [-0.2, -0.15) is 5.10 Å². The first-order chi connectivity index (χ1) is 11.6. The predicted molar refractivity (Wildman–Crippen MR) is 96.2 cm³/mol. The number of sulfonamides is 1. The molecule has 126 valence electrons. The Bertz CT molecular complexity index is 899. The highest BCUT2D eigenvalue weighted by Gasteiger charge is 2.16. The van der Waals surface area contributed by atoms with E-state index in [1.54, 1.807) is 10.7 Å². The number of thiophene rings is 1. The van der Waals surface area contributed by atoms with Crippen molar-refractivity contribution < 1.29 is 8.42 Å². The summed E-state index contributed by atoms with van der Waals surface area (Å²) in [5, 5.41) is 4.47. The first kappa shape index (κ1) is 16.9. The fourth-order valence-electron chi connectivity index (χ4n) is 2.30. The van der Waals surface area contributed by atoms with Gasteiger partial charge >= 0.3 is 0 Å². The number of aryl methyl sites for hydroxylation is 1. The SMILES string of the molecule is CCc1ccc(S(=O)(=O)NCCc2ccn(-c3ccccc3)n2)s1. The molecule has 0 atom stereocenters. The molecule has 0 aliphatic rings. The molecule has 3 rings (SSSR count). The van der Waals surface area contributed by atoms with Crippen LogP contribution in [0.1, 0.15) is 17.5 Å². The molecule has 1 aromatic carbocycles. The van der Waals surface area contributed by atoms with Crippen LogP contribution in [0.2, 0.25) is 0 Å². The molecule has 0 aliphatic carbocycles. The molecule has 0 unspecified atom stereocenters. The van der Waals surface area contributed by atoms with Gasteiger partial charge in [0.2, 0.25) is 10.0 Å². The first-order valence-electron chi connectivity index (χ1n) is 7.77. The molecule has 0 spiro atoms. The van der Waals surface area contributed by atoms with Gasteiger partial charge in [-0.1, -0.05) is 25.1 Å². The first-order valence-corrected chi connectivity index (χ1v) is 10.1. The van der Waals surface area contributed by atoms with E-state index in [2.05, 4.69) is 9.82 Å². The van der Waals surface area contributed by atoms with E-state index >= 15 is 0 Å². The molecule has 24 heavy (non-hydrogen) atoms. The third-order valence-corrected chi connectivity index (χ3v) is 6.77. The lowest BCUT2D eigenvalue weighted by Gasteiger charge is -2.03. The van der Waals surface area contributed by atoms with Crippen LogP contribution in [-0.2, 0) is 22.9 Å². The number of hydrogen-bond acceptors (Lipinski definition) is 4. The number of aromatic nitrogens is 2. The van der Waals surface area contributed by atoms with Gasteiger partial charge < -0.3 is 0 Å². The summed E-state index contributed by atoms with van der Waals surface area (Å²) in [6.45, 7) is 2.34. The van der Waals surface area contributed by atoms with Gasteiger partial charge in [-0.15, -0.1) is 11.3 Å². The van der Waals surface area contributed by atoms with Gasteiger partial charge in [-0.05, 0) is 36.8 Å². The standard InChI is InChI=1S/C17H19N3O2S2/c1-2-16-8-9-17(23-16)24(21,22)18-12-10-14-11-13-20(19-14)15-6-4-3-5-7-15/h3-9,11,13,18H,2,10,12H2,1H3. The van der Waals surface area contributed by atoms with Gasteiger partial charge in [-0.25, -0.2) is 17.8 Å². The maximum Gasteiger partial charge on any atom is 0.250 e. The van der Waals surface area contributed by atoms with Crippen LogP contribution in [0.4, 0.5) is 0 Å². The molecule has 3 aromatic rings. The van der Waals surface area contributed by atoms with Crippen molar-refractivity contribution in [2.75, 3.05) is 6.54 Å². The fourth-order valence-corrected chi connectivity index (χ4v) is 4.67. The van der Waals surface area contributed by atoms with E-state index in [1.807, 2.05) is 55.6 Å². The summed E-state index contributed by atoms with van der Waals surface area (Å²) < 4.78 is 29.3. The summed E-state index contributed by atoms with van der Waals surface area (Å²) in [6, 6.07) is 15.2. The molecule has 1 N–H and O–H groups in total. The molecular formula is C17H19N3O2S2. The molecule has 2 aromatic heterocycles. The van der Waals surface area contributed by atoms with E-state index in [1.165, 1.54) is 11.3 Å². The smallest absolute Gasteiger partial charge is 0.241 e. The Hall–Kier alpha value is -1.96. The van der Waals surface area contributed by atoms with E-state index in [-0.39, 0.29) is 0 Å². The van der Waals surface area contributed by atoms with Gasteiger partial charge in [0.1, 0.15) is 4.21 Å². The topological polar surface area (TPSA) is 64.0 Å². The number of hydrogen-bond donors (Lipinski definition) is 1. The average Bonchev–Trinajstić information content (AvgIpc) is 3.25. The monoisotopic (exact) mass is 361 g/mol. The Kier molecular flexibility index (Phi) is 5.13. The number of nitrogens with one attached hydrogen (secondary N) is 1. The average molecular weight is 361 g/mol. The van der Waals surface area contributed by atoms with Gasteiger partial charge in [0, 0.05) is 24.0 Å². The highest BCUT2D eigenvalue weighted by molar-refractivity contribution is 7.91. The second kappa shape index (κ2) is 7.29. The minimum atomic E-state index is -3.43. The Morgan fingerprint density at radius 3 is 2.62 bits per heavy atom. The van der Waals surface area contributed by atoms with Gasteiger partial charge in [0.05, 0.1) is 11.4 Å². The van der Waals surface area contributed by atoms with Gasteiger partial charge in [0.25, 0.3) is 0 Å². The molecule has 7 heteroatoms. The highest BCUT2D eigenvalue weighted by Crippen LogP contribution is 2.21. The van der Waals surface area contributed by atoms with Crippen molar-refractivity contribution in [1.82, 2.24) is 14.5 Å². The van der Waals surface area contributed by atoms with Crippen LogP contribution in [0.3, 0.4) is 0 Å². The molecule has 0 fully saturated rings. The minimum absolute atomic E-state index is 0.327. The van der Waals surface area contributed by atoms with Crippen molar-refractivity contribution in [3.05, 3.63) is 65.3 Å². The van der Waals surface area contributed by atoms with Crippen molar-refractivity contribution in [2.45, 2.75) is 24.0 Å². The lowest BCUT2D eigenvalue weighted by atomic mass is 10.3. The van der Waals surface area contributed by atoms with Crippen LogP contribution in [0.5, 0.6) is 0 Å². The summed E-state index contributed by atoms with van der Waals surface area (Å²) in [5.74, 6) is 0. The molecule has 2 heterocycles. The minimum Gasteiger partial charge on any atom is -0.241 e. The van der Waals surface area contributed by atoms with Gasteiger partial charge in [0.15, 0.2) is 0 Å². The number of para-hydroxylation sites is 1. The van der Waals surface area contributed by atoms with E-state index < -0.39 is 10.0 Å². The van der Waals surface area contributed by atoms with Crippen LogP contribution < -0.4 is 4.72 Å². The zero-order valence-corrected chi connectivity index (χ0v) is 15.0. The fraction of sp³-hybridized carbons (Fsp3) is 0.235. The Balaban J connectivity index is 1.59. The Morgan fingerprint density at radius 1 is 1.12 bits per heavy atom. The molecular weight excluding hydrogens is 342 g/mol. The molecule has 5 nitrogen and oxygen atoms in total. The third kappa shape index (κ3) is 3.92. The van der Waals surface area contributed by atoms with E-state index in [9.17, 15) is 8.42 Å². The summed E-state index contributed by atoms with van der Waals surface area (Å²) in [5.41, 5.74) is 1.83. The molecule has 0 saturated heterocycles. The maximum absolute atomic E-state index is 12.3. The predicted octanol–water partition coefficient (Wildman–Crippen LogP) is 3.02. The van der Waals surface area contributed by atoms with Crippen LogP contribution in [0.15, 0.2) is 58.9 Å². The van der Waals surface area contributed by atoms with E-state index in [0.717, 1.165) is 22.7 Å². The Labute approximate surface area is 146 Å². The van der Waals surface area contributed by atoms with Crippen molar-refractivity contribution in [3.63, 3.8) is 0 Å². The number of benzene rings is 1. The summed E-state index contributed by atoms with van der Waals surface area (Å²) in [6.07, 6.45) is 3.27. The second-order valence-electron chi connectivity index (χ2n) is 5.31. The number of nitrogens with zero attached hydrogens (tertiary/aromatic N) is 2. The quantitative estimate of drug-likeness (QED) is 0.703. The molecule has 0 amide bonds. The van der Waals surface area contributed by atoms with Crippen molar-refractivity contribution in [3.8, 4) is 5.69 Å². The molecule has 0 radical (unpaired) electrons. The Morgan fingerprint density at radius 2 is 1.92 bits per heavy atom. The zero-order chi connectivity index (χ0) is 17.0. The lowest BCUT2D eigenvalue weighted by Crippen LogP contribution is -2.25. The van der Waals surface area contributed by atoms with Gasteiger partial charge in [-0.3, -0.25) is 0 Å². The molecule has 0 aliphatic heterocycles. The van der Waals surface area contributed by atoms with Crippen molar-refractivity contribution >= 4 is 21.4 Å². The summed E-state index contributed by atoms with van der Waals surface area (Å²) >= 11 is 1.32. The van der Waals surface area contributed by atoms with Crippen LogP contribution >= 0.6 is 11.3 Å². The number of rotatable bonds is 7. The van der Waals surface area contributed by atoms with Crippen molar-refractivity contribution in [1.29, 1.82) is 0 Å². The van der Waals surface area contributed by atoms with Crippen LogP contribution in [0.25, 0.3) is 5.69 Å². The molecule has 0 saturated carbocycles. The maximum atomic E-state index is 12.3. The highest BCUT2D eigenvalue weighted by atomic mass is 32.2. The van der Waals surface area contributed by atoms with Crippen molar-refractivity contribution in [2.24, 2.45) is 0 Å². The summed E-state index contributed by atoms with van der Waals surface area (Å²) in [4.78, 5) is 1.07.